The van der Waals surface area contributed by atoms with Gasteiger partial charge in [0.05, 0.1) is 18.8 Å². The van der Waals surface area contributed by atoms with Gasteiger partial charge in [0.2, 0.25) is 11.8 Å². The SMILES string of the molecule is O=C(N[C@H](C(=O)N1CCOCC1)c1ccccc1)C1CCN(C(=O)c2ccccc2-c2ccc(C(F)(F)F)cc2)CC1. The summed E-state index contributed by atoms with van der Waals surface area (Å²) in [6, 6.07) is 19.9. The van der Waals surface area contributed by atoms with E-state index in [9.17, 15) is 27.6 Å². The molecule has 2 aliphatic rings. The third-order valence-corrected chi connectivity index (χ3v) is 7.82. The van der Waals surface area contributed by atoms with E-state index in [0.717, 1.165) is 12.1 Å². The van der Waals surface area contributed by atoms with E-state index in [0.29, 0.717) is 74.5 Å². The van der Waals surface area contributed by atoms with Crippen molar-refractivity contribution in [2.45, 2.75) is 25.1 Å². The fourth-order valence-electron chi connectivity index (χ4n) is 5.43. The molecular formula is C32H32F3N3O4. The number of piperidine rings is 1. The summed E-state index contributed by atoms with van der Waals surface area (Å²) in [7, 11) is 0. The molecule has 3 aromatic rings. The highest BCUT2D eigenvalue weighted by molar-refractivity contribution is 6.01. The van der Waals surface area contributed by atoms with Gasteiger partial charge in [0.15, 0.2) is 0 Å². The first kappa shape index (κ1) is 29.3. The van der Waals surface area contributed by atoms with E-state index in [1.165, 1.54) is 12.1 Å². The van der Waals surface area contributed by atoms with Crippen LogP contribution in [0.1, 0.15) is 40.4 Å². The zero-order chi connectivity index (χ0) is 29.7. The van der Waals surface area contributed by atoms with Crippen LogP contribution >= 0.6 is 0 Å². The van der Waals surface area contributed by atoms with E-state index in [1.54, 1.807) is 34.1 Å². The number of carbonyl (C=O) groups excluding carboxylic acids is 3. The minimum absolute atomic E-state index is 0.176. The number of benzene rings is 3. The van der Waals surface area contributed by atoms with Crippen molar-refractivity contribution < 1.29 is 32.3 Å². The molecule has 3 amide bonds. The molecule has 2 fully saturated rings. The van der Waals surface area contributed by atoms with Crippen LogP contribution < -0.4 is 5.32 Å². The maximum absolute atomic E-state index is 13.5. The van der Waals surface area contributed by atoms with Gasteiger partial charge in [-0.3, -0.25) is 14.4 Å². The molecule has 42 heavy (non-hydrogen) atoms. The number of rotatable bonds is 6. The van der Waals surface area contributed by atoms with Gasteiger partial charge in [0.25, 0.3) is 5.91 Å². The lowest BCUT2D eigenvalue weighted by Crippen LogP contribution is -2.49. The van der Waals surface area contributed by atoms with Crippen molar-refractivity contribution in [3.05, 3.63) is 95.6 Å². The Hall–Kier alpha value is -4.18. The number of alkyl halides is 3. The van der Waals surface area contributed by atoms with E-state index in [-0.39, 0.29) is 23.6 Å². The fraction of sp³-hybridized carbons (Fsp3) is 0.344. The van der Waals surface area contributed by atoms with Crippen molar-refractivity contribution in [2.75, 3.05) is 39.4 Å². The van der Waals surface area contributed by atoms with Gasteiger partial charge in [-0.1, -0.05) is 60.7 Å². The van der Waals surface area contributed by atoms with Gasteiger partial charge in [-0.2, -0.15) is 13.2 Å². The Balaban J connectivity index is 1.24. The van der Waals surface area contributed by atoms with Gasteiger partial charge in [0.1, 0.15) is 6.04 Å². The predicted molar refractivity (Wildman–Crippen MR) is 150 cm³/mol. The largest absolute Gasteiger partial charge is 0.416 e. The average molecular weight is 580 g/mol. The van der Waals surface area contributed by atoms with Crippen LogP contribution in [0, 0.1) is 5.92 Å². The van der Waals surface area contributed by atoms with E-state index in [4.69, 9.17) is 4.74 Å². The number of nitrogens with zero attached hydrogens (tertiary/aromatic N) is 2. The number of hydrogen-bond donors (Lipinski definition) is 1. The van der Waals surface area contributed by atoms with Crippen molar-refractivity contribution in [1.82, 2.24) is 15.1 Å². The van der Waals surface area contributed by atoms with Gasteiger partial charge in [-0.15, -0.1) is 0 Å². The summed E-state index contributed by atoms with van der Waals surface area (Å²) in [5, 5.41) is 2.97. The maximum Gasteiger partial charge on any atom is 0.416 e. The molecule has 0 bridgehead atoms. The standard InChI is InChI=1S/C32H32F3N3O4/c33-32(34,35)25-12-10-22(11-13-25)26-8-4-5-9-27(26)30(40)37-16-14-24(15-17-37)29(39)36-28(23-6-2-1-3-7-23)31(41)38-18-20-42-21-19-38/h1-13,24,28H,14-21H2,(H,36,39)/t28-/m0/s1. The highest BCUT2D eigenvalue weighted by Crippen LogP contribution is 2.32. The van der Waals surface area contributed by atoms with Crippen molar-refractivity contribution in [3.8, 4) is 11.1 Å². The zero-order valence-corrected chi connectivity index (χ0v) is 23.0. The molecule has 0 unspecified atom stereocenters. The van der Waals surface area contributed by atoms with Gasteiger partial charge in [0, 0.05) is 37.7 Å². The van der Waals surface area contributed by atoms with Crippen molar-refractivity contribution in [1.29, 1.82) is 0 Å². The van der Waals surface area contributed by atoms with Crippen molar-refractivity contribution in [3.63, 3.8) is 0 Å². The molecule has 1 N–H and O–H groups in total. The first-order chi connectivity index (χ1) is 20.2. The van der Waals surface area contributed by atoms with Gasteiger partial charge >= 0.3 is 6.18 Å². The van der Waals surface area contributed by atoms with Crippen molar-refractivity contribution >= 4 is 17.7 Å². The highest BCUT2D eigenvalue weighted by atomic mass is 19.4. The second-order valence-corrected chi connectivity index (χ2v) is 10.5. The minimum Gasteiger partial charge on any atom is -0.378 e. The average Bonchev–Trinajstić information content (AvgIpc) is 3.03. The van der Waals surface area contributed by atoms with Crippen LogP contribution in [0.15, 0.2) is 78.9 Å². The monoisotopic (exact) mass is 579 g/mol. The van der Waals surface area contributed by atoms with Crippen LogP contribution in [0.2, 0.25) is 0 Å². The summed E-state index contributed by atoms with van der Waals surface area (Å²) in [6.45, 7) is 2.52. The van der Waals surface area contributed by atoms with E-state index in [2.05, 4.69) is 5.32 Å². The second-order valence-electron chi connectivity index (χ2n) is 10.5. The predicted octanol–water partition coefficient (Wildman–Crippen LogP) is 4.94. The Morgan fingerprint density at radius 3 is 2.05 bits per heavy atom. The highest BCUT2D eigenvalue weighted by Gasteiger charge is 2.34. The summed E-state index contributed by atoms with van der Waals surface area (Å²) in [5.74, 6) is -1.02. The molecule has 2 saturated heterocycles. The molecule has 220 valence electrons. The number of hydrogen-bond acceptors (Lipinski definition) is 4. The second kappa shape index (κ2) is 12.8. The quantitative estimate of drug-likeness (QED) is 0.449. The van der Waals surface area contributed by atoms with Gasteiger partial charge < -0.3 is 19.9 Å². The molecule has 0 aliphatic carbocycles. The van der Waals surface area contributed by atoms with E-state index in [1.807, 2.05) is 30.3 Å². The molecule has 7 nitrogen and oxygen atoms in total. The van der Waals surface area contributed by atoms with E-state index < -0.39 is 17.8 Å². The lowest BCUT2D eigenvalue weighted by molar-refractivity contribution is -0.141. The first-order valence-corrected chi connectivity index (χ1v) is 14.0. The fourth-order valence-corrected chi connectivity index (χ4v) is 5.43. The third-order valence-electron chi connectivity index (χ3n) is 7.82. The Bertz CT molecular complexity index is 1400. The molecule has 0 radical (unpaired) electrons. The number of carbonyl (C=O) groups is 3. The van der Waals surface area contributed by atoms with E-state index >= 15 is 0 Å². The van der Waals surface area contributed by atoms with Crippen LogP contribution in [-0.2, 0) is 20.5 Å². The summed E-state index contributed by atoms with van der Waals surface area (Å²) in [6.07, 6.45) is -3.60. The molecule has 2 aliphatic heterocycles. The van der Waals surface area contributed by atoms with Crippen LogP contribution in [0.4, 0.5) is 13.2 Å². The molecule has 10 heteroatoms. The molecule has 5 rings (SSSR count). The number of halogens is 3. The van der Waals surface area contributed by atoms with Crippen LogP contribution in [0.25, 0.3) is 11.1 Å². The van der Waals surface area contributed by atoms with Gasteiger partial charge in [-0.25, -0.2) is 0 Å². The maximum atomic E-state index is 13.5. The number of likely N-dealkylation sites (tertiary alicyclic amines) is 1. The normalized spacial score (nSPS) is 17.0. The topological polar surface area (TPSA) is 79.0 Å². The smallest absolute Gasteiger partial charge is 0.378 e. The van der Waals surface area contributed by atoms with Crippen LogP contribution in [0.5, 0.6) is 0 Å². The Labute approximate surface area is 242 Å². The Morgan fingerprint density at radius 2 is 1.40 bits per heavy atom. The number of ether oxygens (including phenoxy) is 1. The summed E-state index contributed by atoms with van der Waals surface area (Å²) in [5.41, 5.74) is 1.40. The summed E-state index contributed by atoms with van der Waals surface area (Å²) >= 11 is 0. The Morgan fingerprint density at radius 1 is 0.786 bits per heavy atom. The first-order valence-electron chi connectivity index (χ1n) is 14.0. The molecular weight excluding hydrogens is 547 g/mol. The van der Waals surface area contributed by atoms with Crippen LogP contribution in [-0.4, -0.2) is 66.9 Å². The number of amides is 3. The lowest BCUT2D eigenvalue weighted by atomic mass is 9.93. The molecule has 0 aromatic heterocycles. The number of morpholine rings is 1. The molecule has 2 heterocycles. The minimum atomic E-state index is -4.44. The third kappa shape index (κ3) is 6.65. The molecule has 0 saturated carbocycles. The van der Waals surface area contributed by atoms with Gasteiger partial charge in [-0.05, 0) is 47.7 Å². The summed E-state index contributed by atoms with van der Waals surface area (Å²) in [4.78, 5) is 43.6. The molecule has 1 atom stereocenters. The summed E-state index contributed by atoms with van der Waals surface area (Å²) < 4.78 is 44.5. The lowest BCUT2D eigenvalue weighted by Gasteiger charge is -2.34. The Kier molecular flexibility index (Phi) is 8.91. The zero-order valence-electron chi connectivity index (χ0n) is 23.0. The molecule has 0 spiro atoms. The molecule has 3 aromatic carbocycles. The van der Waals surface area contributed by atoms with Crippen molar-refractivity contribution in [2.24, 2.45) is 5.92 Å². The number of nitrogens with one attached hydrogen (secondary N) is 1. The van der Waals surface area contributed by atoms with Crippen LogP contribution in [0.3, 0.4) is 0 Å².